The highest BCUT2D eigenvalue weighted by Crippen LogP contribution is 2.22. The second-order valence-corrected chi connectivity index (χ2v) is 5.66. The summed E-state index contributed by atoms with van der Waals surface area (Å²) in [4.78, 5) is 13.9. The summed E-state index contributed by atoms with van der Waals surface area (Å²) in [6, 6.07) is 8.01. The van der Waals surface area contributed by atoms with Gasteiger partial charge in [-0.3, -0.25) is 14.8 Å². The lowest BCUT2D eigenvalue weighted by atomic mass is 10.3. The number of hydrogen-bond acceptors (Lipinski definition) is 6. The van der Waals surface area contributed by atoms with Crippen LogP contribution in [0.2, 0.25) is 0 Å². The van der Waals surface area contributed by atoms with Crippen LogP contribution in [0.25, 0.3) is 0 Å². The molecule has 0 bridgehead atoms. The number of rotatable bonds is 5. The van der Waals surface area contributed by atoms with Gasteiger partial charge in [-0.2, -0.15) is 0 Å². The largest absolute Gasteiger partial charge is 0.372 e. The quantitative estimate of drug-likeness (QED) is 0.643. The summed E-state index contributed by atoms with van der Waals surface area (Å²) in [6.45, 7) is 0. The van der Waals surface area contributed by atoms with Crippen molar-refractivity contribution in [3.8, 4) is 0 Å². The van der Waals surface area contributed by atoms with Crippen LogP contribution in [0.15, 0.2) is 47.5 Å². The Morgan fingerprint density at radius 1 is 1.19 bits per heavy atom. The Bertz CT molecular complexity index is 759. The second kappa shape index (κ2) is 5.75. The second-order valence-electron chi connectivity index (χ2n) is 4.01. The first kappa shape index (κ1) is 14.7. The van der Waals surface area contributed by atoms with Crippen molar-refractivity contribution in [2.45, 2.75) is 4.90 Å². The molecule has 2 N–H and O–H groups in total. The first-order valence-electron chi connectivity index (χ1n) is 5.84. The van der Waals surface area contributed by atoms with Gasteiger partial charge in [-0.15, -0.1) is 0 Å². The highest BCUT2D eigenvalue weighted by molar-refractivity contribution is 7.92. The molecule has 9 heteroatoms. The molecule has 0 amide bonds. The Hall–Kier alpha value is -2.68. The smallest absolute Gasteiger partial charge is 0.269 e. The molecular formula is C12H12N4O4S. The van der Waals surface area contributed by atoms with Gasteiger partial charge in [-0.05, 0) is 24.3 Å². The molecule has 1 aromatic carbocycles. The number of nitro groups is 1. The maximum atomic E-state index is 12.3. The summed E-state index contributed by atoms with van der Waals surface area (Å²) in [5.74, 6) is 0.215. The average molecular weight is 308 g/mol. The number of benzene rings is 1. The lowest BCUT2D eigenvalue weighted by Crippen LogP contribution is -2.15. The van der Waals surface area contributed by atoms with Gasteiger partial charge in [0.2, 0.25) is 0 Å². The maximum Gasteiger partial charge on any atom is 0.269 e. The van der Waals surface area contributed by atoms with E-state index in [4.69, 9.17) is 0 Å². The molecule has 0 atom stereocenters. The Labute approximate surface area is 121 Å². The summed E-state index contributed by atoms with van der Waals surface area (Å²) in [5, 5.41) is 13.2. The lowest BCUT2D eigenvalue weighted by molar-refractivity contribution is -0.384. The number of pyridine rings is 1. The number of aromatic nitrogens is 1. The number of nitrogens with zero attached hydrogens (tertiary/aromatic N) is 2. The molecule has 0 aliphatic heterocycles. The molecule has 2 rings (SSSR count). The van der Waals surface area contributed by atoms with Gasteiger partial charge in [0.05, 0.1) is 4.92 Å². The summed E-state index contributed by atoms with van der Waals surface area (Å²) >= 11 is 0. The van der Waals surface area contributed by atoms with Gasteiger partial charge in [0, 0.05) is 31.1 Å². The fraction of sp³-hybridized carbons (Fsp3) is 0.0833. The fourth-order valence-electron chi connectivity index (χ4n) is 1.66. The number of non-ortho nitro benzene ring substituents is 1. The third kappa shape index (κ3) is 3.26. The molecular weight excluding hydrogens is 296 g/mol. The Kier molecular flexibility index (Phi) is 4.03. The highest BCUT2D eigenvalue weighted by atomic mass is 32.2. The van der Waals surface area contributed by atoms with Gasteiger partial charge in [0.1, 0.15) is 10.7 Å². The van der Waals surface area contributed by atoms with Gasteiger partial charge in [0.15, 0.2) is 0 Å². The van der Waals surface area contributed by atoms with Gasteiger partial charge >= 0.3 is 0 Å². The normalized spacial score (nSPS) is 10.9. The van der Waals surface area contributed by atoms with Crippen molar-refractivity contribution >= 4 is 27.2 Å². The molecule has 0 spiro atoms. The minimum absolute atomic E-state index is 0.00847. The van der Waals surface area contributed by atoms with Crippen molar-refractivity contribution in [2.24, 2.45) is 0 Å². The van der Waals surface area contributed by atoms with E-state index in [0.717, 1.165) is 0 Å². The van der Waals surface area contributed by atoms with Crippen LogP contribution in [0.5, 0.6) is 0 Å². The van der Waals surface area contributed by atoms with Gasteiger partial charge in [-0.25, -0.2) is 13.4 Å². The van der Waals surface area contributed by atoms with E-state index < -0.39 is 14.9 Å². The third-order valence-corrected chi connectivity index (χ3v) is 4.04. The molecule has 2 aromatic rings. The number of nitrogens with one attached hydrogen (secondary N) is 2. The molecule has 0 radical (unpaired) electrons. The van der Waals surface area contributed by atoms with E-state index in [1.165, 1.54) is 42.6 Å². The van der Waals surface area contributed by atoms with E-state index in [-0.39, 0.29) is 22.1 Å². The Morgan fingerprint density at radius 2 is 1.86 bits per heavy atom. The van der Waals surface area contributed by atoms with Crippen LogP contribution in [-0.4, -0.2) is 25.4 Å². The summed E-state index contributed by atoms with van der Waals surface area (Å²) in [7, 11) is -2.27. The monoisotopic (exact) mass is 308 g/mol. The molecule has 0 unspecified atom stereocenters. The predicted molar refractivity (Wildman–Crippen MR) is 77.7 cm³/mol. The molecule has 110 valence electrons. The molecule has 0 aliphatic carbocycles. The average Bonchev–Trinajstić information content (AvgIpc) is 2.47. The van der Waals surface area contributed by atoms with Crippen molar-refractivity contribution in [1.29, 1.82) is 0 Å². The molecule has 8 nitrogen and oxygen atoms in total. The van der Waals surface area contributed by atoms with E-state index in [0.29, 0.717) is 0 Å². The first-order chi connectivity index (χ1) is 9.94. The van der Waals surface area contributed by atoms with Crippen LogP contribution in [-0.2, 0) is 10.0 Å². The zero-order valence-corrected chi connectivity index (χ0v) is 11.8. The van der Waals surface area contributed by atoms with Crippen LogP contribution in [0.4, 0.5) is 17.2 Å². The van der Waals surface area contributed by atoms with Crippen molar-refractivity contribution in [1.82, 2.24) is 4.98 Å². The highest BCUT2D eigenvalue weighted by Gasteiger charge is 2.19. The number of hydrogen-bond donors (Lipinski definition) is 2. The molecule has 0 saturated carbocycles. The molecule has 1 aromatic heterocycles. The molecule has 1 heterocycles. The summed E-state index contributed by atoms with van der Waals surface area (Å²) < 4.78 is 26.9. The molecule has 0 aliphatic rings. The SMILES string of the molecule is CNc1ncccc1S(=O)(=O)Nc1ccc([N+](=O)[O-])cc1. The summed E-state index contributed by atoms with van der Waals surface area (Å²) in [5.41, 5.74) is 0.113. The standard InChI is InChI=1S/C12H12N4O4S/c1-13-12-11(3-2-8-14-12)21(19,20)15-9-4-6-10(7-5-9)16(17)18/h2-8,15H,1H3,(H,13,14). The number of sulfonamides is 1. The van der Waals surface area contributed by atoms with Crippen molar-refractivity contribution in [3.63, 3.8) is 0 Å². The molecule has 21 heavy (non-hydrogen) atoms. The van der Waals surface area contributed by atoms with E-state index in [1.54, 1.807) is 7.05 Å². The van der Waals surface area contributed by atoms with E-state index in [9.17, 15) is 18.5 Å². The van der Waals surface area contributed by atoms with Crippen LogP contribution >= 0.6 is 0 Å². The van der Waals surface area contributed by atoms with Crippen molar-refractivity contribution in [2.75, 3.05) is 17.1 Å². The fourth-order valence-corrected chi connectivity index (χ4v) is 2.88. The van der Waals surface area contributed by atoms with E-state index in [1.807, 2.05) is 0 Å². The zero-order valence-electron chi connectivity index (χ0n) is 11.0. The van der Waals surface area contributed by atoms with Crippen LogP contribution in [0, 0.1) is 10.1 Å². The Balaban J connectivity index is 2.31. The van der Waals surface area contributed by atoms with Gasteiger partial charge < -0.3 is 5.32 Å². The van der Waals surface area contributed by atoms with Crippen LogP contribution < -0.4 is 10.0 Å². The van der Waals surface area contributed by atoms with Crippen LogP contribution in [0.3, 0.4) is 0 Å². The molecule has 0 saturated heterocycles. The summed E-state index contributed by atoms with van der Waals surface area (Å²) in [6.07, 6.45) is 1.47. The predicted octanol–water partition coefficient (Wildman–Crippen LogP) is 1.83. The van der Waals surface area contributed by atoms with Crippen molar-refractivity contribution < 1.29 is 13.3 Å². The first-order valence-corrected chi connectivity index (χ1v) is 7.32. The zero-order chi connectivity index (χ0) is 15.5. The van der Waals surface area contributed by atoms with Crippen LogP contribution in [0.1, 0.15) is 0 Å². The number of anilines is 2. The molecule has 0 fully saturated rings. The minimum atomic E-state index is -3.83. The van der Waals surface area contributed by atoms with Crippen molar-refractivity contribution in [3.05, 3.63) is 52.7 Å². The van der Waals surface area contributed by atoms with E-state index in [2.05, 4.69) is 15.0 Å². The van der Waals surface area contributed by atoms with Gasteiger partial charge in [0.25, 0.3) is 15.7 Å². The maximum absolute atomic E-state index is 12.3. The topological polar surface area (TPSA) is 114 Å². The third-order valence-electron chi connectivity index (χ3n) is 2.63. The lowest BCUT2D eigenvalue weighted by Gasteiger charge is -2.10. The van der Waals surface area contributed by atoms with Gasteiger partial charge in [-0.1, -0.05) is 0 Å². The Morgan fingerprint density at radius 3 is 2.43 bits per heavy atom. The van der Waals surface area contributed by atoms with E-state index >= 15 is 0 Å². The minimum Gasteiger partial charge on any atom is -0.372 e. The number of nitro benzene ring substituents is 1.